The highest BCUT2D eigenvalue weighted by Gasteiger charge is 2.58. The van der Waals surface area contributed by atoms with Gasteiger partial charge in [0.05, 0.1) is 10.5 Å². The summed E-state index contributed by atoms with van der Waals surface area (Å²) in [7, 11) is 3.41. The zero-order valence-corrected chi connectivity index (χ0v) is 12.9. The van der Waals surface area contributed by atoms with E-state index in [0.29, 0.717) is 11.5 Å². The number of aromatic nitrogens is 2. The minimum absolute atomic E-state index is 0.0503. The summed E-state index contributed by atoms with van der Waals surface area (Å²) < 4.78 is 7.11. The van der Waals surface area contributed by atoms with E-state index in [1.54, 1.807) is 21.1 Å². The molecule has 0 aromatic carbocycles. The van der Waals surface area contributed by atoms with Gasteiger partial charge in [-0.15, -0.1) is 0 Å². The van der Waals surface area contributed by atoms with Crippen molar-refractivity contribution < 1.29 is 9.66 Å². The molecular weight excluding hydrogens is 260 g/mol. The summed E-state index contributed by atoms with van der Waals surface area (Å²) in [6.45, 7) is 7.92. The Hall–Kier alpha value is -1.63. The van der Waals surface area contributed by atoms with E-state index in [1.165, 1.54) is 4.68 Å². The lowest BCUT2D eigenvalue weighted by Crippen LogP contribution is -2.65. The van der Waals surface area contributed by atoms with Gasteiger partial charge in [-0.05, 0) is 20.3 Å². The standard InChI is InChI=1S/C13H22N4O3/c1-8-10(17(18)19)11(16(5)15-8)14-9-7-13(4,20-6)12(9,2)3/h9,14H,7H2,1-6H3. The Labute approximate surface area is 118 Å². The Bertz CT molecular complexity index is 552. The van der Waals surface area contributed by atoms with Crippen LogP contribution >= 0.6 is 0 Å². The molecule has 0 spiro atoms. The molecule has 0 saturated heterocycles. The molecule has 1 aliphatic rings. The molecule has 1 aromatic heterocycles. The highest BCUT2D eigenvalue weighted by molar-refractivity contribution is 5.60. The maximum Gasteiger partial charge on any atom is 0.333 e. The van der Waals surface area contributed by atoms with Gasteiger partial charge in [0.1, 0.15) is 5.69 Å². The quantitative estimate of drug-likeness (QED) is 0.676. The lowest BCUT2D eigenvalue weighted by atomic mass is 9.56. The van der Waals surface area contributed by atoms with Gasteiger partial charge in [-0.3, -0.25) is 10.1 Å². The Balaban J connectivity index is 2.27. The number of anilines is 1. The van der Waals surface area contributed by atoms with Crippen molar-refractivity contribution in [3.05, 3.63) is 15.8 Å². The lowest BCUT2D eigenvalue weighted by Gasteiger charge is -2.59. The first kappa shape index (κ1) is 14.8. The van der Waals surface area contributed by atoms with E-state index in [-0.39, 0.29) is 27.7 Å². The van der Waals surface area contributed by atoms with E-state index < -0.39 is 0 Å². The molecule has 1 aromatic rings. The summed E-state index contributed by atoms with van der Waals surface area (Å²) in [4.78, 5) is 10.8. The van der Waals surface area contributed by atoms with Gasteiger partial charge < -0.3 is 10.1 Å². The molecular formula is C13H22N4O3. The molecule has 2 atom stereocenters. The third-order valence-electron chi connectivity index (χ3n) is 4.96. The number of nitrogens with zero attached hydrogens (tertiary/aromatic N) is 3. The third kappa shape index (κ3) is 1.88. The van der Waals surface area contributed by atoms with Gasteiger partial charge in [0, 0.05) is 25.6 Å². The van der Waals surface area contributed by atoms with Crippen molar-refractivity contribution in [2.45, 2.75) is 45.8 Å². The monoisotopic (exact) mass is 282 g/mol. The number of ether oxygens (including phenoxy) is 1. The smallest absolute Gasteiger partial charge is 0.333 e. The average Bonchev–Trinajstić information content (AvgIpc) is 2.63. The second-order valence-electron chi connectivity index (χ2n) is 6.22. The first-order valence-corrected chi connectivity index (χ1v) is 6.63. The van der Waals surface area contributed by atoms with Gasteiger partial charge >= 0.3 is 5.69 Å². The molecule has 1 fully saturated rings. The molecule has 1 N–H and O–H groups in total. The van der Waals surface area contributed by atoms with Crippen LogP contribution in [0.2, 0.25) is 0 Å². The fourth-order valence-electron chi connectivity index (χ4n) is 2.92. The highest BCUT2D eigenvalue weighted by Crippen LogP contribution is 2.53. The van der Waals surface area contributed by atoms with E-state index in [2.05, 4.69) is 31.2 Å². The van der Waals surface area contributed by atoms with Crippen LogP contribution in [0, 0.1) is 22.5 Å². The molecule has 7 nitrogen and oxygen atoms in total. The van der Waals surface area contributed by atoms with Gasteiger partial charge in [0.15, 0.2) is 0 Å². The molecule has 1 heterocycles. The van der Waals surface area contributed by atoms with Gasteiger partial charge in [-0.25, -0.2) is 4.68 Å². The summed E-state index contributed by atoms with van der Waals surface area (Å²) in [5.41, 5.74) is 0.141. The second kappa shape index (κ2) is 4.44. The van der Waals surface area contributed by atoms with Gasteiger partial charge in [0.25, 0.3) is 0 Å². The van der Waals surface area contributed by atoms with Gasteiger partial charge in [0.2, 0.25) is 5.82 Å². The normalized spacial score (nSPS) is 28.0. The largest absolute Gasteiger partial charge is 0.378 e. The van der Waals surface area contributed by atoms with Crippen LogP contribution in [-0.4, -0.2) is 33.5 Å². The summed E-state index contributed by atoms with van der Waals surface area (Å²) in [5.74, 6) is 0.462. The molecule has 2 unspecified atom stereocenters. The van der Waals surface area contributed by atoms with Crippen molar-refractivity contribution in [3.63, 3.8) is 0 Å². The number of nitro groups is 1. The first-order valence-electron chi connectivity index (χ1n) is 6.63. The molecule has 112 valence electrons. The van der Waals surface area contributed by atoms with Crippen LogP contribution < -0.4 is 5.32 Å². The van der Waals surface area contributed by atoms with Crippen LogP contribution in [0.4, 0.5) is 11.5 Å². The van der Waals surface area contributed by atoms with E-state index in [4.69, 9.17) is 4.74 Å². The maximum absolute atomic E-state index is 11.2. The predicted molar refractivity (Wildman–Crippen MR) is 75.8 cm³/mol. The Morgan fingerprint density at radius 1 is 1.50 bits per heavy atom. The lowest BCUT2D eigenvalue weighted by molar-refractivity contribution is -0.384. The van der Waals surface area contributed by atoms with E-state index in [1.807, 2.05) is 0 Å². The fourth-order valence-corrected chi connectivity index (χ4v) is 2.92. The molecule has 2 rings (SSSR count). The van der Waals surface area contributed by atoms with Crippen molar-refractivity contribution >= 4 is 11.5 Å². The van der Waals surface area contributed by atoms with E-state index in [0.717, 1.165) is 6.42 Å². The number of hydrogen-bond donors (Lipinski definition) is 1. The number of hydrogen-bond acceptors (Lipinski definition) is 5. The molecule has 7 heteroatoms. The van der Waals surface area contributed by atoms with Crippen molar-refractivity contribution in [1.82, 2.24) is 9.78 Å². The van der Waals surface area contributed by atoms with Crippen LogP contribution in [0.5, 0.6) is 0 Å². The number of methoxy groups -OCH3 is 1. The van der Waals surface area contributed by atoms with Crippen molar-refractivity contribution in [3.8, 4) is 0 Å². The zero-order chi connectivity index (χ0) is 15.3. The molecule has 0 aliphatic heterocycles. The third-order valence-corrected chi connectivity index (χ3v) is 4.96. The predicted octanol–water partition coefficient (Wildman–Crippen LogP) is 2.25. The molecule has 0 radical (unpaired) electrons. The number of aryl methyl sites for hydroxylation is 2. The molecule has 0 bridgehead atoms. The van der Waals surface area contributed by atoms with Crippen LogP contribution in [0.15, 0.2) is 0 Å². The van der Waals surface area contributed by atoms with Crippen LogP contribution in [0.25, 0.3) is 0 Å². The molecule has 0 amide bonds. The maximum atomic E-state index is 11.2. The highest BCUT2D eigenvalue weighted by atomic mass is 16.6. The molecule has 20 heavy (non-hydrogen) atoms. The van der Waals surface area contributed by atoms with Crippen LogP contribution in [-0.2, 0) is 11.8 Å². The Morgan fingerprint density at radius 2 is 2.10 bits per heavy atom. The van der Waals surface area contributed by atoms with E-state index >= 15 is 0 Å². The molecule has 1 saturated carbocycles. The van der Waals surface area contributed by atoms with Crippen molar-refractivity contribution in [1.29, 1.82) is 0 Å². The van der Waals surface area contributed by atoms with Gasteiger partial charge in [-0.1, -0.05) is 13.8 Å². The van der Waals surface area contributed by atoms with Crippen LogP contribution in [0.1, 0.15) is 32.9 Å². The van der Waals surface area contributed by atoms with Gasteiger partial charge in [-0.2, -0.15) is 5.10 Å². The minimum Gasteiger partial charge on any atom is -0.378 e. The zero-order valence-electron chi connectivity index (χ0n) is 12.9. The summed E-state index contributed by atoms with van der Waals surface area (Å²) in [6.07, 6.45) is 0.803. The molecule has 1 aliphatic carbocycles. The summed E-state index contributed by atoms with van der Waals surface area (Å²) in [5, 5.41) is 18.6. The Morgan fingerprint density at radius 3 is 2.55 bits per heavy atom. The fraction of sp³-hybridized carbons (Fsp3) is 0.769. The van der Waals surface area contributed by atoms with Crippen molar-refractivity contribution in [2.24, 2.45) is 12.5 Å². The summed E-state index contributed by atoms with van der Waals surface area (Å²) in [6, 6.07) is 0.112. The van der Waals surface area contributed by atoms with E-state index in [9.17, 15) is 10.1 Å². The summed E-state index contributed by atoms with van der Waals surface area (Å²) >= 11 is 0. The Kier molecular flexibility index (Phi) is 3.28. The average molecular weight is 282 g/mol. The van der Waals surface area contributed by atoms with Crippen molar-refractivity contribution in [2.75, 3.05) is 12.4 Å². The van der Waals surface area contributed by atoms with Crippen LogP contribution in [0.3, 0.4) is 0 Å². The number of rotatable bonds is 4. The topological polar surface area (TPSA) is 82.2 Å². The SMILES string of the molecule is COC1(C)CC(Nc2c([N+](=O)[O-])c(C)nn2C)C1(C)C. The minimum atomic E-state index is -0.383. The second-order valence-corrected chi connectivity index (χ2v) is 6.22. The number of nitrogens with one attached hydrogen (secondary N) is 1. The first-order chi connectivity index (χ1) is 9.14.